The number of Topliss-reactive ketones (excluding diaryl/α,β-unsaturated/α-hetero) is 1. The van der Waals surface area contributed by atoms with Gasteiger partial charge in [-0.1, -0.05) is 11.3 Å². The Labute approximate surface area is 218 Å². The molecule has 1 aliphatic carbocycles. The molecule has 3 aromatic heterocycles. The van der Waals surface area contributed by atoms with Crippen molar-refractivity contribution in [2.24, 2.45) is 5.92 Å². The normalized spacial score (nSPS) is 24.0. The molecule has 0 bridgehead atoms. The maximum atomic E-state index is 14.5. The minimum Gasteiger partial charge on any atom is -0.298 e. The summed E-state index contributed by atoms with van der Waals surface area (Å²) in [4.78, 5) is 18.4. The number of nitrogens with one attached hydrogen (secondary N) is 1. The zero-order valence-corrected chi connectivity index (χ0v) is 20.8. The first-order valence-corrected chi connectivity index (χ1v) is 12.7. The van der Waals surface area contributed by atoms with Crippen molar-refractivity contribution in [3.05, 3.63) is 78.7 Å². The van der Waals surface area contributed by atoms with Gasteiger partial charge >= 0.3 is 0 Å². The van der Waals surface area contributed by atoms with E-state index < -0.39 is 17.9 Å². The molecule has 194 valence electrons. The van der Waals surface area contributed by atoms with E-state index in [0.29, 0.717) is 13.0 Å². The highest BCUT2D eigenvalue weighted by molar-refractivity contribution is 5.94. The summed E-state index contributed by atoms with van der Waals surface area (Å²) in [7, 11) is 0. The lowest BCUT2D eigenvalue weighted by atomic mass is 9.87. The molecule has 4 unspecified atom stereocenters. The molecular weight excluding hydrogens is 488 g/mol. The van der Waals surface area contributed by atoms with Crippen molar-refractivity contribution in [3.63, 3.8) is 0 Å². The van der Waals surface area contributed by atoms with E-state index in [1.165, 1.54) is 18.2 Å². The number of alkyl halides is 1. The quantitative estimate of drug-likeness (QED) is 0.400. The van der Waals surface area contributed by atoms with Gasteiger partial charge in [0.05, 0.1) is 35.1 Å². The van der Waals surface area contributed by atoms with Gasteiger partial charge in [0.2, 0.25) is 0 Å². The van der Waals surface area contributed by atoms with E-state index in [2.05, 4.69) is 25.5 Å². The van der Waals surface area contributed by atoms with E-state index >= 15 is 0 Å². The number of ketones is 1. The molecule has 38 heavy (non-hydrogen) atoms. The van der Waals surface area contributed by atoms with Crippen molar-refractivity contribution in [3.8, 4) is 16.9 Å². The van der Waals surface area contributed by atoms with Gasteiger partial charge in [-0.3, -0.25) is 19.8 Å². The summed E-state index contributed by atoms with van der Waals surface area (Å²) >= 11 is 0. The molecule has 0 amide bonds. The predicted molar refractivity (Wildman–Crippen MR) is 139 cm³/mol. The molecule has 4 aromatic rings. The highest BCUT2D eigenvalue weighted by atomic mass is 19.1. The number of nitrogens with zero attached hydrogens (tertiary/aromatic N) is 6. The first kappa shape index (κ1) is 24.3. The Morgan fingerprint density at radius 3 is 2.82 bits per heavy atom. The molecule has 8 nitrogen and oxygen atoms in total. The van der Waals surface area contributed by atoms with E-state index in [9.17, 15) is 13.6 Å². The number of carbonyl (C=O) groups excluding carboxylic acids is 1. The van der Waals surface area contributed by atoms with Crippen LogP contribution in [0.3, 0.4) is 0 Å². The molecule has 2 aliphatic rings. The number of carbonyl (C=O) groups is 1. The van der Waals surface area contributed by atoms with Crippen LogP contribution in [0.25, 0.3) is 27.8 Å². The zero-order valence-electron chi connectivity index (χ0n) is 20.8. The van der Waals surface area contributed by atoms with Gasteiger partial charge in [-0.2, -0.15) is 5.10 Å². The summed E-state index contributed by atoms with van der Waals surface area (Å²) in [6, 6.07) is 9.38. The predicted octanol–water partition coefficient (Wildman–Crippen LogP) is 4.72. The summed E-state index contributed by atoms with van der Waals surface area (Å²) in [5.41, 5.74) is 4.32. The highest BCUT2D eigenvalue weighted by Gasteiger charge is 2.37. The van der Waals surface area contributed by atoms with E-state index in [0.717, 1.165) is 40.0 Å². The third-order valence-corrected chi connectivity index (χ3v) is 7.57. The van der Waals surface area contributed by atoms with Crippen molar-refractivity contribution < 1.29 is 13.6 Å². The monoisotopic (exact) mass is 515 g/mol. The lowest BCUT2D eigenvalue weighted by molar-refractivity contribution is -0.123. The van der Waals surface area contributed by atoms with Crippen molar-refractivity contribution in [2.75, 3.05) is 13.1 Å². The molecule has 1 N–H and O–H groups in total. The third-order valence-electron chi connectivity index (χ3n) is 7.57. The second-order valence-corrected chi connectivity index (χ2v) is 9.97. The number of piperidine rings is 1. The van der Waals surface area contributed by atoms with Crippen LogP contribution in [0.1, 0.15) is 31.4 Å². The number of likely N-dealkylation sites (tertiary alicyclic amines) is 1. The summed E-state index contributed by atoms with van der Waals surface area (Å²) < 4.78 is 30.7. The molecule has 1 saturated heterocycles. The number of aromatic amines is 1. The topological polar surface area (TPSA) is 92.6 Å². The van der Waals surface area contributed by atoms with Gasteiger partial charge < -0.3 is 0 Å². The van der Waals surface area contributed by atoms with Gasteiger partial charge in [0, 0.05) is 42.4 Å². The molecule has 1 fully saturated rings. The van der Waals surface area contributed by atoms with Crippen LogP contribution in [0, 0.1) is 5.92 Å². The van der Waals surface area contributed by atoms with Gasteiger partial charge in [0.15, 0.2) is 0 Å². The first-order valence-electron chi connectivity index (χ1n) is 12.7. The van der Waals surface area contributed by atoms with Crippen LogP contribution in [0.2, 0.25) is 0 Å². The molecular formula is C28H27F2N7O. The van der Waals surface area contributed by atoms with Crippen LogP contribution in [0.5, 0.6) is 0 Å². The fraction of sp³-hybridized carbons (Fsp3) is 0.321. The van der Waals surface area contributed by atoms with Crippen LogP contribution in [0.4, 0.5) is 8.78 Å². The standard InChI is InChI=1S/C28H27F2N7O/c1-17(38)27-8-5-19(14-36(27)15-22-23(29)3-2-4-24(22)30)26-16-37(35-33-26)20-6-7-25-21(13-20)28(34-32-25)18-9-11-31-12-10-18/h2-4,6-7,9-13,16,19,22-23,27H,5,8,14-15H2,1H3,(H,32,34). The molecule has 0 spiro atoms. The van der Waals surface area contributed by atoms with Crippen LogP contribution in [-0.2, 0) is 4.79 Å². The third kappa shape index (κ3) is 4.56. The SMILES string of the molecule is CC(=O)C1CCC(c2cn(-c3ccc4[nH]nc(-c5ccncc5)c4c3)nn2)CN1CC1C(F)=CC=CC1F. The number of H-pyrrole nitrogens is 1. The molecule has 0 saturated carbocycles. The number of halogens is 2. The molecule has 4 atom stereocenters. The largest absolute Gasteiger partial charge is 0.298 e. The van der Waals surface area contributed by atoms with Gasteiger partial charge in [-0.25, -0.2) is 13.5 Å². The van der Waals surface area contributed by atoms with Crippen molar-refractivity contribution in [2.45, 2.75) is 37.9 Å². The van der Waals surface area contributed by atoms with Crippen LogP contribution < -0.4 is 0 Å². The molecule has 4 heterocycles. The average Bonchev–Trinajstić information content (AvgIpc) is 3.59. The Morgan fingerprint density at radius 1 is 1.18 bits per heavy atom. The van der Waals surface area contributed by atoms with Crippen LogP contribution in [0.15, 0.2) is 73.0 Å². The van der Waals surface area contributed by atoms with E-state index in [1.807, 2.05) is 41.4 Å². The Morgan fingerprint density at radius 2 is 2.03 bits per heavy atom. The lowest BCUT2D eigenvalue weighted by Gasteiger charge is -2.40. The van der Waals surface area contributed by atoms with Gasteiger partial charge in [0.1, 0.15) is 23.5 Å². The maximum absolute atomic E-state index is 14.5. The van der Waals surface area contributed by atoms with Crippen LogP contribution in [-0.4, -0.2) is 66.2 Å². The number of aromatic nitrogens is 6. The number of fused-ring (bicyclic) bond motifs is 1. The Bertz CT molecular complexity index is 1530. The summed E-state index contributed by atoms with van der Waals surface area (Å²) in [5.74, 6) is -1.39. The Kier molecular flexibility index (Phi) is 6.40. The number of pyridine rings is 1. The lowest BCUT2D eigenvalue weighted by Crippen LogP contribution is -2.49. The first-order chi connectivity index (χ1) is 18.5. The van der Waals surface area contributed by atoms with Gasteiger partial charge in [-0.05, 0) is 62.2 Å². The minimum absolute atomic E-state index is 0.00591. The van der Waals surface area contributed by atoms with Gasteiger partial charge in [0.25, 0.3) is 0 Å². The van der Waals surface area contributed by atoms with Crippen molar-refractivity contribution in [1.29, 1.82) is 0 Å². The maximum Gasteiger partial charge on any atom is 0.146 e. The van der Waals surface area contributed by atoms with E-state index in [1.54, 1.807) is 24.0 Å². The number of hydrogen-bond donors (Lipinski definition) is 1. The summed E-state index contributed by atoms with van der Waals surface area (Å²) in [5, 5.41) is 17.3. The molecule has 10 heteroatoms. The smallest absolute Gasteiger partial charge is 0.146 e. The van der Waals surface area contributed by atoms with Gasteiger partial charge in [-0.15, -0.1) is 5.10 Å². The minimum atomic E-state index is -1.41. The highest BCUT2D eigenvalue weighted by Crippen LogP contribution is 2.34. The molecule has 0 radical (unpaired) electrons. The van der Waals surface area contributed by atoms with Crippen molar-refractivity contribution >= 4 is 16.7 Å². The second kappa shape index (κ2) is 10.0. The Hall–Kier alpha value is -4.05. The summed E-state index contributed by atoms with van der Waals surface area (Å²) in [6.07, 6.45) is 9.36. The number of allylic oxidation sites excluding steroid dienone is 3. The molecule has 1 aliphatic heterocycles. The fourth-order valence-electron chi connectivity index (χ4n) is 5.52. The van der Waals surface area contributed by atoms with Crippen LogP contribution >= 0.6 is 0 Å². The fourth-order valence-corrected chi connectivity index (χ4v) is 5.52. The van der Waals surface area contributed by atoms with E-state index in [4.69, 9.17) is 0 Å². The average molecular weight is 516 g/mol. The Balaban J connectivity index is 1.24. The van der Waals surface area contributed by atoms with Crippen molar-refractivity contribution in [1.82, 2.24) is 35.1 Å². The molecule has 6 rings (SSSR count). The number of rotatable bonds is 6. The number of benzene rings is 1. The second-order valence-electron chi connectivity index (χ2n) is 9.97. The zero-order chi connectivity index (χ0) is 26.2. The summed E-state index contributed by atoms with van der Waals surface area (Å²) in [6.45, 7) is 2.16. The number of hydrogen-bond acceptors (Lipinski definition) is 6. The molecule has 1 aromatic carbocycles. The van der Waals surface area contributed by atoms with E-state index in [-0.39, 0.29) is 24.3 Å².